The van der Waals surface area contributed by atoms with Crippen LogP contribution in [-0.4, -0.2) is 26.5 Å². The van der Waals surface area contributed by atoms with Crippen molar-refractivity contribution < 1.29 is 17.9 Å². The van der Waals surface area contributed by atoms with Crippen LogP contribution in [0.1, 0.15) is 15.9 Å². The van der Waals surface area contributed by atoms with E-state index < -0.39 is 16.0 Å². The molecule has 0 aliphatic rings. The van der Waals surface area contributed by atoms with Crippen molar-refractivity contribution in [3.8, 4) is 0 Å². The van der Waals surface area contributed by atoms with Crippen molar-refractivity contribution in [3.05, 3.63) is 78.0 Å². The topological polar surface area (TPSA) is 97.4 Å². The van der Waals surface area contributed by atoms with Crippen molar-refractivity contribution in [2.24, 2.45) is 0 Å². The van der Waals surface area contributed by atoms with Gasteiger partial charge in [0, 0.05) is 5.69 Å². The molecule has 0 spiro atoms. The minimum Gasteiger partial charge on any atom is -0.465 e. The summed E-state index contributed by atoms with van der Waals surface area (Å²) in [4.78, 5) is 16.0. The number of hydrogen-bond acceptors (Lipinski definition) is 6. The molecule has 2 aromatic carbocycles. The smallest absolute Gasteiger partial charge is 0.337 e. The van der Waals surface area contributed by atoms with Gasteiger partial charge in [-0.3, -0.25) is 4.72 Å². The number of aromatic nitrogens is 1. The molecule has 144 valence electrons. The molecule has 8 heteroatoms. The van der Waals surface area contributed by atoms with Crippen LogP contribution in [0.3, 0.4) is 0 Å². The highest BCUT2D eigenvalue weighted by Gasteiger charge is 2.14. The second-order valence-corrected chi connectivity index (χ2v) is 7.73. The molecule has 0 unspecified atom stereocenters. The summed E-state index contributed by atoms with van der Waals surface area (Å²) in [6.45, 7) is 1.89. The summed E-state index contributed by atoms with van der Waals surface area (Å²) in [5.41, 5.74) is 2.39. The number of carbonyl (C=O) groups is 1. The second-order valence-electron chi connectivity index (χ2n) is 6.05. The van der Waals surface area contributed by atoms with Gasteiger partial charge in [-0.15, -0.1) is 0 Å². The molecule has 3 rings (SSSR count). The van der Waals surface area contributed by atoms with Crippen LogP contribution >= 0.6 is 0 Å². The maximum atomic E-state index is 12.4. The number of pyridine rings is 1. The molecule has 3 aromatic rings. The number of rotatable bonds is 6. The molecule has 0 saturated carbocycles. The quantitative estimate of drug-likeness (QED) is 0.615. The third kappa shape index (κ3) is 4.66. The second kappa shape index (κ2) is 8.10. The number of anilines is 3. The number of nitrogens with zero attached hydrogens (tertiary/aromatic N) is 1. The maximum absolute atomic E-state index is 12.4. The Morgan fingerprint density at radius 1 is 1.00 bits per heavy atom. The Balaban J connectivity index is 1.72. The number of hydrogen-bond donors (Lipinski definition) is 2. The van der Waals surface area contributed by atoms with Gasteiger partial charge < -0.3 is 10.1 Å². The van der Waals surface area contributed by atoms with Gasteiger partial charge in [-0.1, -0.05) is 23.8 Å². The summed E-state index contributed by atoms with van der Waals surface area (Å²) in [5, 5.41) is 3.06. The molecule has 0 fully saturated rings. The number of aryl methyl sites for hydroxylation is 1. The summed E-state index contributed by atoms with van der Waals surface area (Å²) < 4.78 is 32.0. The number of methoxy groups -OCH3 is 1. The van der Waals surface area contributed by atoms with Gasteiger partial charge in [0.1, 0.15) is 5.82 Å². The van der Waals surface area contributed by atoms with Crippen molar-refractivity contribution >= 4 is 33.2 Å². The lowest BCUT2D eigenvalue weighted by molar-refractivity contribution is 0.0601. The van der Waals surface area contributed by atoms with Crippen LogP contribution in [0.25, 0.3) is 0 Å². The van der Waals surface area contributed by atoms with Crippen molar-refractivity contribution in [1.82, 2.24) is 4.98 Å². The van der Waals surface area contributed by atoms with Gasteiger partial charge in [-0.2, -0.15) is 0 Å². The van der Waals surface area contributed by atoms with E-state index in [1.807, 2.05) is 6.92 Å². The Hall–Kier alpha value is -3.39. The van der Waals surface area contributed by atoms with E-state index in [2.05, 4.69) is 15.0 Å². The minimum atomic E-state index is -3.68. The molecule has 7 nitrogen and oxygen atoms in total. The van der Waals surface area contributed by atoms with Crippen molar-refractivity contribution in [3.63, 3.8) is 0 Å². The molecular weight excluding hydrogens is 378 g/mol. The van der Waals surface area contributed by atoms with Crippen LogP contribution in [0.4, 0.5) is 17.2 Å². The third-order valence-electron chi connectivity index (χ3n) is 3.90. The molecule has 1 aromatic heterocycles. The average molecular weight is 397 g/mol. The van der Waals surface area contributed by atoms with E-state index in [1.54, 1.807) is 60.7 Å². The van der Waals surface area contributed by atoms with E-state index >= 15 is 0 Å². The van der Waals surface area contributed by atoms with Gasteiger partial charge in [0.15, 0.2) is 0 Å². The SMILES string of the molecule is COC(=O)c1cccc(Nc2ccc(NS(=O)(=O)c3ccc(C)cc3)cn2)c1. The highest BCUT2D eigenvalue weighted by molar-refractivity contribution is 7.92. The predicted molar refractivity (Wildman–Crippen MR) is 107 cm³/mol. The molecule has 0 amide bonds. The molecule has 0 aliphatic heterocycles. The zero-order valence-corrected chi connectivity index (χ0v) is 16.2. The zero-order chi connectivity index (χ0) is 20.1. The zero-order valence-electron chi connectivity index (χ0n) is 15.3. The van der Waals surface area contributed by atoms with Crippen LogP contribution in [-0.2, 0) is 14.8 Å². The van der Waals surface area contributed by atoms with Crippen LogP contribution in [0.15, 0.2) is 71.8 Å². The van der Waals surface area contributed by atoms with E-state index in [1.165, 1.54) is 13.3 Å². The number of benzene rings is 2. The molecule has 0 saturated heterocycles. The fourth-order valence-electron chi connectivity index (χ4n) is 2.45. The van der Waals surface area contributed by atoms with E-state index in [0.29, 0.717) is 22.8 Å². The number of ether oxygens (including phenoxy) is 1. The summed E-state index contributed by atoms with van der Waals surface area (Å²) >= 11 is 0. The van der Waals surface area contributed by atoms with E-state index in [0.717, 1.165) is 5.56 Å². The Kier molecular flexibility index (Phi) is 5.60. The van der Waals surface area contributed by atoms with Crippen LogP contribution in [0.5, 0.6) is 0 Å². The first-order chi connectivity index (χ1) is 13.4. The first-order valence-corrected chi connectivity index (χ1v) is 9.87. The largest absolute Gasteiger partial charge is 0.465 e. The molecule has 0 atom stereocenters. The monoisotopic (exact) mass is 397 g/mol. The van der Waals surface area contributed by atoms with Gasteiger partial charge in [0.25, 0.3) is 10.0 Å². The Labute approximate surface area is 163 Å². The lowest BCUT2D eigenvalue weighted by Crippen LogP contribution is -2.13. The molecule has 1 heterocycles. The lowest BCUT2D eigenvalue weighted by atomic mass is 10.2. The number of esters is 1. The molecular formula is C20H19N3O4S. The van der Waals surface area contributed by atoms with Gasteiger partial charge in [-0.05, 0) is 49.4 Å². The summed E-state index contributed by atoms with van der Waals surface area (Å²) in [6.07, 6.45) is 1.41. The normalized spacial score (nSPS) is 10.9. The highest BCUT2D eigenvalue weighted by Crippen LogP contribution is 2.20. The fraction of sp³-hybridized carbons (Fsp3) is 0.100. The molecule has 2 N–H and O–H groups in total. The molecule has 0 bridgehead atoms. The Morgan fingerprint density at radius 2 is 1.75 bits per heavy atom. The maximum Gasteiger partial charge on any atom is 0.337 e. The van der Waals surface area contributed by atoms with E-state index in [-0.39, 0.29) is 4.90 Å². The average Bonchev–Trinajstić information content (AvgIpc) is 2.69. The van der Waals surface area contributed by atoms with Gasteiger partial charge >= 0.3 is 5.97 Å². The van der Waals surface area contributed by atoms with Crippen molar-refractivity contribution in [2.75, 3.05) is 17.1 Å². The van der Waals surface area contributed by atoms with Gasteiger partial charge in [0.2, 0.25) is 0 Å². The summed E-state index contributed by atoms with van der Waals surface area (Å²) in [7, 11) is -2.36. The first-order valence-electron chi connectivity index (χ1n) is 8.38. The predicted octanol–water partition coefficient (Wildman–Crippen LogP) is 3.72. The minimum absolute atomic E-state index is 0.180. The lowest BCUT2D eigenvalue weighted by Gasteiger charge is -2.10. The van der Waals surface area contributed by atoms with E-state index in [9.17, 15) is 13.2 Å². The standard InChI is InChI=1S/C20H19N3O4S/c1-14-6-9-18(10-7-14)28(25,26)23-17-8-11-19(21-13-17)22-16-5-3-4-15(12-16)20(24)27-2/h3-13,23H,1-2H3,(H,21,22). The molecule has 0 radical (unpaired) electrons. The Bertz CT molecular complexity index is 1080. The van der Waals surface area contributed by atoms with E-state index in [4.69, 9.17) is 4.74 Å². The number of carbonyl (C=O) groups excluding carboxylic acids is 1. The van der Waals surface area contributed by atoms with Crippen LogP contribution in [0, 0.1) is 6.92 Å². The number of nitrogens with one attached hydrogen (secondary N) is 2. The van der Waals surface area contributed by atoms with Crippen molar-refractivity contribution in [1.29, 1.82) is 0 Å². The first kappa shape index (κ1) is 19.4. The number of sulfonamides is 1. The third-order valence-corrected chi connectivity index (χ3v) is 5.30. The van der Waals surface area contributed by atoms with Crippen molar-refractivity contribution in [2.45, 2.75) is 11.8 Å². The molecule has 28 heavy (non-hydrogen) atoms. The molecule has 0 aliphatic carbocycles. The van der Waals surface area contributed by atoms with Gasteiger partial charge in [0.05, 0.1) is 29.5 Å². The van der Waals surface area contributed by atoms with Crippen LogP contribution in [0.2, 0.25) is 0 Å². The summed E-state index contributed by atoms with van der Waals surface area (Å²) in [6, 6.07) is 16.6. The van der Waals surface area contributed by atoms with Crippen LogP contribution < -0.4 is 10.0 Å². The van der Waals surface area contributed by atoms with Gasteiger partial charge in [-0.25, -0.2) is 18.2 Å². The Morgan fingerprint density at radius 3 is 2.39 bits per heavy atom. The highest BCUT2D eigenvalue weighted by atomic mass is 32.2. The summed E-state index contributed by atoms with van der Waals surface area (Å²) in [5.74, 6) is 0.0674. The fourth-order valence-corrected chi connectivity index (χ4v) is 3.49.